The molecule has 2 N–H and O–H groups in total. The molecule has 6 nitrogen and oxygen atoms in total. The first-order valence-electron chi connectivity index (χ1n) is 9.12. The van der Waals surface area contributed by atoms with Crippen LogP contribution in [0.25, 0.3) is 0 Å². The number of rotatable bonds is 6. The third-order valence-corrected chi connectivity index (χ3v) is 4.71. The third kappa shape index (κ3) is 5.51. The van der Waals surface area contributed by atoms with Gasteiger partial charge in [-0.25, -0.2) is 0 Å². The molecule has 1 aromatic carbocycles. The van der Waals surface area contributed by atoms with Gasteiger partial charge in [-0.1, -0.05) is 24.3 Å². The smallest absolute Gasteiger partial charge is 0.240 e. The van der Waals surface area contributed by atoms with Crippen LogP contribution in [-0.4, -0.2) is 50.5 Å². The lowest BCUT2D eigenvalue weighted by molar-refractivity contribution is -0.129. The van der Waals surface area contributed by atoms with E-state index in [1.54, 1.807) is 0 Å². The van der Waals surface area contributed by atoms with E-state index in [2.05, 4.69) is 22.8 Å². The lowest BCUT2D eigenvalue weighted by Gasteiger charge is -2.29. The van der Waals surface area contributed by atoms with E-state index < -0.39 is 0 Å². The van der Waals surface area contributed by atoms with Crippen LogP contribution < -0.4 is 10.6 Å². The molecule has 2 aliphatic heterocycles. The van der Waals surface area contributed by atoms with Gasteiger partial charge >= 0.3 is 0 Å². The molecule has 138 valence electrons. The maximum atomic E-state index is 12.3. The molecular weight excluding hydrogens is 320 g/mol. The fourth-order valence-corrected chi connectivity index (χ4v) is 3.21. The van der Waals surface area contributed by atoms with Crippen molar-refractivity contribution >= 4 is 5.91 Å². The molecule has 2 fully saturated rings. The van der Waals surface area contributed by atoms with Crippen molar-refractivity contribution in [3.63, 3.8) is 0 Å². The zero-order valence-electron chi connectivity index (χ0n) is 14.8. The second-order valence-electron chi connectivity index (χ2n) is 6.67. The predicted octanol–water partition coefficient (Wildman–Crippen LogP) is 1.38. The summed E-state index contributed by atoms with van der Waals surface area (Å²) < 4.78 is 16.8. The first-order chi connectivity index (χ1) is 12.2. The zero-order chi connectivity index (χ0) is 17.5. The minimum Gasteiger partial charge on any atom is -0.381 e. The number of hydrogen-bond donors (Lipinski definition) is 2. The Morgan fingerprint density at radius 3 is 2.88 bits per heavy atom. The normalized spacial score (nSPS) is 24.8. The van der Waals surface area contributed by atoms with Crippen LogP contribution in [0, 0.1) is 0 Å². The monoisotopic (exact) mass is 348 g/mol. The van der Waals surface area contributed by atoms with Gasteiger partial charge in [0.15, 0.2) is 0 Å². The summed E-state index contributed by atoms with van der Waals surface area (Å²) >= 11 is 0. The quantitative estimate of drug-likeness (QED) is 0.813. The summed E-state index contributed by atoms with van der Waals surface area (Å²) in [5.74, 6) is -0.0175. The van der Waals surface area contributed by atoms with Gasteiger partial charge in [-0.2, -0.15) is 0 Å². The maximum Gasteiger partial charge on any atom is 0.240 e. The predicted molar refractivity (Wildman–Crippen MR) is 94.1 cm³/mol. The average molecular weight is 348 g/mol. The van der Waals surface area contributed by atoms with E-state index in [4.69, 9.17) is 14.2 Å². The number of amides is 1. The third-order valence-electron chi connectivity index (χ3n) is 4.71. The van der Waals surface area contributed by atoms with Crippen LogP contribution in [0.15, 0.2) is 24.3 Å². The summed E-state index contributed by atoms with van der Waals surface area (Å²) in [7, 11) is 0. The summed E-state index contributed by atoms with van der Waals surface area (Å²) in [6.07, 6.45) is 2.11. The molecule has 25 heavy (non-hydrogen) atoms. The molecule has 2 aliphatic rings. The van der Waals surface area contributed by atoms with Gasteiger partial charge in [0.2, 0.25) is 5.91 Å². The Hall–Kier alpha value is -1.47. The number of ether oxygens (including phenoxy) is 3. The fraction of sp³-hybridized carbons (Fsp3) is 0.632. The standard InChI is InChI=1S/C19H28N2O4/c1-14-18(20-7-10-24-14)19(22)21-12-15-3-2-4-16(11-15)13-25-17-5-8-23-9-6-17/h2-4,11,14,17-18,20H,5-10,12-13H2,1H3,(H,21,22)/t14-,18+/m1/s1. The molecule has 0 unspecified atom stereocenters. The first-order valence-corrected chi connectivity index (χ1v) is 9.12. The van der Waals surface area contributed by atoms with Crippen LogP contribution >= 0.6 is 0 Å². The molecule has 0 bridgehead atoms. The van der Waals surface area contributed by atoms with E-state index in [-0.39, 0.29) is 24.2 Å². The highest BCUT2D eigenvalue weighted by Crippen LogP contribution is 2.14. The average Bonchev–Trinajstić information content (AvgIpc) is 2.66. The fourth-order valence-electron chi connectivity index (χ4n) is 3.21. The van der Waals surface area contributed by atoms with Crippen molar-refractivity contribution in [1.29, 1.82) is 0 Å². The molecule has 0 spiro atoms. The van der Waals surface area contributed by atoms with Gasteiger partial charge in [0.1, 0.15) is 6.04 Å². The second-order valence-corrected chi connectivity index (χ2v) is 6.67. The molecule has 2 heterocycles. The van der Waals surface area contributed by atoms with E-state index in [1.165, 1.54) is 0 Å². The molecule has 1 amide bonds. The largest absolute Gasteiger partial charge is 0.381 e. The molecule has 2 saturated heterocycles. The van der Waals surface area contributed by atoms with Crippen LogP contribution in [0.5, 0.6) is 0 Å². The Bertz CT molecular complexity index is 560. The Morgan fingerprint density at radius 2 is 2.08 bits per heavy atom. The van der Waals surface area contributed by atoms with E-state index >= 15 is 0 Å². The lowest BCUT2D eigenvalue weighted by atomic mass is 10.1. The van der Waals surface area contributed by atoms with Gasteiger partial charge in [0.25, 0.3) is 0 Å². The molecule has 0 saturated carbocycles. The van der Waals surface area contributed by atoms with Crippen LogP contribution in [0.2, 0.25) is 0 Å². The van der Waals surface area contributed by atoms with Crippen LogP contribution in [-0.2, 0) is 32.2 Å². The van der Waals surface area contributed by atoms with Crippen molar-refractivity contribution in [2.75, 3.05) is 26.4 Å². The molecule has 2 atom stereocenters. The van der Waals surface area contributed by atoms with E-state index in [1.807, 2.05) is 19.1 Å². The maximum absolute atomic E-state index is 12.3. The molecule has 0 radical (unpaired) electrons. The molecule has 6 heteroatoms. The van der Waals surface area contributed by atoms with Crippen molar-refractivity contribution in [2.45, 2.75) is 51.2 Å². The molecule has 3 rings (SSSR count). The minimum atomic E-state index is -0.284. The molecule has 0 aromatic heterocycles. The van der Waals surface area contributed by atoms with Crippen molar-refractivity contribution in [1.82, 2.24) is 10.6 Å². The van der Waals surface area contributed by atoms with E-state index in [0.717, 1.165) is 37.2 Å². The van der Waals surface area contributed by atoms with Gasteiger partial charge in [0.05, 0.1) is 25.4 Å². The minimum absolute atomic E-state index is 0.0175. The number of carbonyl (C=O) groups is 1. The van der Waals surface area contributed by atoms with E-state index in [9.17, 15) is 4.79 Å². The Labute approximate surface area is 149 Å². The van der Waals surface area contributed by atoms with Crippen LogP contribution in [0.3, 0.4) is 0 Å². The summed E-state index contributed by atoms with van der Waals surface area (Å²) in [6.45, 7) is 5.96. The Morgan fingerprint density at radius 1 is 1.28 bits per heavy atom. The molecule has 0 aliphatic carbocycles. The van der Waals surface area contributed by atoms with Crippen LogP contribution in [0.4, 0.5) is 0 Å². The van der Waals surface area contributed by atoms with Crippen molar-refractivity contribution in [3.8, 4) is 0 Å². The first kappa shape index (κ1) is 18.3. The zero-order valence-corrected chi connectivity index (χ0v) is 14.8. The SMILES string of the molecule is C[C@H]1OCCN[C@@H]1C(=O)NCc1cccc(COC2CCOCC2)c1. The summed E-state index contributed by atoms with van der Waals surface area (Å²) in [5.41, 5.74) is 2.21. The van der Waals surface area contributed by atoms with Crippen molar-refractivity contribution < 1.29 is 19.0 Å². The number of benzene rings is 1. The lowest BCUT2D eigenvalue weighted by Crippen LogP contribution is -2.55. The van der Waals surface area contributed by atoms with Gasteiger partial charge in [-0.05, 0) is 30.9 Å². The number of hydrogen-bond acceptors (Lipinski definition) is 5. The van der Waals surface area contributed by atoms with Gasteiger partial charge in [-0.15, -0.1) is 0 Å². The Balaban J connectivity index is 1.46. The van der Waals surface area contributed by atoms with Gasteiger partial charge in [0, 0.05) is 26.3 Å². The van der Waals surface area contributed by atoms with Gasteiger partial charge < -0.3 is 24.8 Å². The molecular formula is C19H28N2O4. The summed E-state index contributed by atoms with van der Waals surface area (Å²) in [6, 6.07) is 7.90. The Kier molecular flexibility index (Phi) is 6.81. The second kappa shape index (κ2) is 9.29. The summed E-state index contributed by atoms with van der Waals surface area (Å²) in [4.78, 5) is 12.3. The highest BCUT2D eigenvalue weighted by Gasteiger charge is 2.27. The van der Waals surface area contributed by atoms with Gasteiger partial charge in [-0.3, -0.25) is 4.79 Å². The van der Waals surface area contributed by atoms with Crippen molar-refractivity contribution in [2.24, 2.45) is 0 Å². The van der Waals surface area contributed by atoms with Crippen LogP contribution in [0.1, 0.15) is 30.9 Å². The molecule has 1 aromatic rings. The highest BCUT2D eigenvalue weighted by molar-refractivity contribution is 5.82. The van der Waals surface area contributed by atoms with E-state index in [0.29, 0.717) is 26.3 Å². The number of morpholine rings is 1. The summed E-state index contributed by atoms with van der Waals surface area (Å²) in [5, 5.41) is 6.20. The highest BCUT2D eigenvalue weighted by atomic mass is 16.5. The van der Waals surface area contributed by atoms with Crippen molar-refractivity contribution in [3.05, 3.63) is 35.4 Å². The topological polar surface area (TPSA) is 68.8 Å². The number of nitrogens with one attached hydrogen (secondary N) is 2. The number of carbonyl (C=O) groups excluding carboxylic acids is 1.